The van der Waals surface area contributed by atoms with Gasteiger partial charge in [0.1, 0.15) is 0 Å². The summed E-state index contributed by atoms with van der Waals surface area (Å²) in [6.45, 7) is 12.1. The molecule has 0 aromatic rings. The first-order chi connectivity index (χ1) is 13.1. The standard InChI is InChI=1S/C23H36O5/c1-7-16-18(23(6)12-8-11-22(4,5)13-23)10-9-17-19(16)21(27-15(3)25)28-20(17)26-14(2)24/h7,17-21H,8-13H2,1-6H3/b16-7+/t17-,18+,19+,20-,21+,23+/m1/s1. The molecule has 2 aliphatic carbocycles. The lowest BCUT2D eigenvalue weighted by molar-refractivity contribution is -0.213. The van der Waals surface area contributed by atoms with Crippen LogP contribution in [0.3, 0.4) is 0 Å². The highest BCUT2D eigenvalue weighted by Gasteiger charge is 2.56. The van der Waals surface area contributed by atoms with Gasteiger partial charge in [0, 0.05) is 19.8 Å². The van der Waals surface area contributed by atoms with Crippen LogP contribution >= 0.6 is 0 Å². The van der Waals surface area contributed by atoms with Crippen LogP contribution < -0.4 is 0 Å². The van der Waals surface area contributed by atoms with E-state index in [9.17, 15) is 9.59 Å². The highest BCUT2D eigenvalue weighted by Crippen LogP contribution is 2.59. The van der Waals surface area contributed by atoms with E-state index in [1.165, 1.54) is 45.1 Å². The van der Waals surface area contributed by atoms with Crippen molar-refractivity contribution in [1.29, 1.82) is 0 Å². The third-order valence-corrected chi connectivity index (χ3v) is 7.17. The molecule has 3 aliphatic rings. The van der Waals surface area contributed by atoms with Crippen molar-refractivity contribution < 1.29 is 23.8 Å². The fraction of sp³-hybridized carbons (Fsp3) is 0.826. The topological polar surface area (TPSA) is 61.8 Å². The lowest BCUT2D eigenvalue weighted by Gasteiger charge is -2.51. The number of carbonyl (C=O) groups is 2. The molecule has 1 saturated heterocycles. The molecule has 0 aromatic heterocycles. The average molecular weight is 393 g/mol. The summed E-state index contributed by atoms with van der Waals surface area (Å²) in [5.41, 5.74) is 1.90. The largest absolute Gasteiger partial charge is 0.435 e. The first kappa shape index (κ1) is 21.4. The van der Waals surface area contributed by atoms with Crippen molar-refractivity contribution in [3.8, 4) is 0 Å². The minimum absolute atomic E-state index is 0.0379. The number of fused-ring (bicyclic) bond motifs is 1. The van der Waals surface area contributed by atoms with Gasteiger partial charge in [0.25, 0.3) is 0 Å². The van der Waals surface area contributed by atoms with Crippen molar-refractivity contribution in [3.63, 3.8) is 0 Å². The van der Waals surface area contributed by atoms with Crippen LogP contribution in [0.4, 0.5) is 0 Å². The average Bonchev–Trinajstić information content (AvgIpc) is 2.89. The number of carbonyl (C=O) groups excluding carboxylic acids is 2. The summed E-state index contributed by atoms with van der Waals surface area (Å²) in [6, 6.07) is 0. The van der Waals surface area contributed by atoms with Crippen molar-refractivity contribution in [3.05, 3.63) is 11.6 Å². The van der Waals surface area contributed by atoms with Gasteiger partial charge in [0.05, 0.1) is 5.92 Å². The molecule has 0 spiro atoms. The van der Waals surface area contributed by atoms with Gasteiger partial charge in [-0.3, -0.25) is 9.59 Å². The zero-order chi connectivity index (χ0) is 20.7. The van der Waals surface area contributed by atoms with Crippen LogP contribution in [0.5, 0.6) is 0 Å². The number of hydrogen-bond donors (Lipinski definition) is 0. The molecule has 0 unspecified atom stereocenters. The van der Waals surface area contributed by atoms with E-state index in [0.29, 0.717) is 11.3 Å². The molecule has 3 fully saturated rings. The number of allylic oxidation sites excluding steroid dienone is 1. The Morgan fingerprint density at radius 2 is 1.68 bits per heavy atom. The van der Waals surface area contributed by atoms with Crippen molar-refractivity contribution in [2.75, 3.05) is 0 Å². The summed E-state index contributed by atoms with van der Waals surface area (Å²) in [5.74, 6) is -0.294. The molecule has 3 rings (SSSR count). The Bertz CT molecular complexity index is 651. The fourth-order valence-electron chi connectivity index (χ4n) is 6.39. The molecule has 2 saturated carbocycles. The van der Waals surface area contributed by atoms with Crippen LogP contribution in [0.15, 0.2) is 11.6 Å². The molecule has 0 N–H and O–H groups in total. The Labute approximate surface area is 169 Å². The quantitative estimate of drug-likeness (QED) is 0.500. The minimum Gasteiger partial charge on any atom is -0.435 e. The zero-order valence-electron chi connectivity index (χ0n) is 18.2. The molecule has 1 heterocycles. The Balaban J connectivity index is 1.90. The van der Waals surface area contributed by atoms with Crippen LogP contribution in [-0.2, 0) is 23.8 Å². The van der Waals surface area contributed by atoms with Gasteiger partial charge >= 0.3 is 11.9 Å². The van der Waals surface area contributed by atoms with Gasteiger partial charge in [-0.15, -0.1) is 0 Å². The van der Waals surface area contributed by atoms with Crippen molar-refractivity contribution in [2.24, 2.45) is 28.6 Å². The first-order valence-corrected chi connectivity index (χ1v) is 10.7. The summed E-state index contributed by atoms with van der Waals surface area (Å²) in [4.78, 5) is 23.3. The molecule has 0 radical (unpaired) electrons. The van der Waals surface area contributed by atoms with E-state index in [2.05, 4.69) is 33.8 Å². The Hall–Kier alpha value is -1.36. The predicted molar refractivity (Wildman–Crippen MR) is 106 cm³/mol. The molecule has 0 bridgehead atoms. The molecule has 1 aliphatic heterocycles. The van der Waals surface area contributed by atoms with E-state index >= 15 is 0 Å². The Kier molecular flexibility index (Phi) is 5.96. The summed E-state index contributed by atoms with van der Waals surface area (Å²) >= 11 is 0. The fourth-order valence-corrected chi connectivity index (χ4v) is 6.39. The van der Waals surface area contributed by atoms with Gasteiger partial charge in [-0.1, -0.05) is 38.8 Å². The van der Waals surface area contributed by atoms with Gasteiger partial charge in [-0.25, -0.2) is 0 Å². The van der Waals surface area contributed by atoms with Gasteiger partial charge in [-0.05, 0) is 55.8 Å². The van der Waals surface area contributed by atoms with Gasteiger partial charge < -0.3 is 14.2 Å². The van der Waals surface area contributed by atoms with Crippen molar-refractivity contribution in [1.82, 2.24) is 0 Å². The zero-order valence-corrected chi connectivity index (χ0v) is 18.2. The maximum absolute atomic E-state index is 11.7. The van der Waals surface area contributed by atoms with E-state index in [0.717, 1.165) is 12.8 Å². The van der Waals surface area contributed by atoms with E-state index in [1.54, 1.807) is 0 Å². The van der Waals surface area contributed by atoms with Crippen molar-refractivity contribution >= 4 is 11.9 Å². The number of ether oxygens (including phenoxy) is 3. The maximum Gasteiger partial charge on any atom is 0.304 e. The third-order valence-electron chi connectivity index (χ3n) is 7.17. The summed E-state index contributed by atoms with van der Waals surface area (Å²) in [5, 5.41) is 0. The monoisotopic (exact) mass is 392 g/mol. The van der Waals surface area contributed by atoms with Crippen LogP contribution in [0, 0.1) is 28.6 Å². The lowest BCUT2D eigenvalue weighted by Crippen LogP contribution is -2.44. The Morgan fingerprint density at radius 3 is 2.25 bits per heavy atom. The highest BCUT2D eigenvalue weighted by molar-refractivity contribution is 5.66. The molecule has 5 heteroatoms. The third kappa shape index (κ3) is 4.14. The molecule has 5 nitrogen and oxygen atoms in total. The molecule has 28 heavy (non-hydrogen) atoms. The van der Waals surface area contributed by atoms with Gasteiger partial charge in [0.15, 0.2) is 0 Å². The van der Waals surface area contributed by atoms with Gasteiger partial charge in [-0.2, -0.15) is 0 Å². The molecule has 158 valence electrons. The summed E-state index contributed by atoms with van der Waals surface area (Å²) < 4.78 is 16.9. The second-order valence-corrected chi connectivity index (χ2v) is 10.0. The highest BCUT2D eigenvalue weighted by atomic mass is 16.8. The van der Waals surface area contributed by atoms with Crippen LogP contribution in [-0.4, -0.2) is 24.5 Å². The van der Waals surface area contributed by atoms with Gasteiger partial charge in [0.2, 0.25) is 12.6 Å². The van der Waals surface area contributed by atoms with E-state index in [4.69, 9.17) is 14.2 Å². The predicted octanol–water partition coefficient (Wildman–Crippen LogP) is 4.99. The molecule has 0 amide bonds. The second-order valence-electron chi connectivity index (χ2n) is 10.0. The summed E-state index contributed by atoms with van der Waals surface area (Å²) in [6.07, 6.45) is 7.81. The Morgan fingerprint density at radius 1 is 1.04 bits per heavy atom. The molecule has 0 aromatic carbocycles. The second kappa shape index (κ2) is 7.81. The van der Waals surface area contributed by atoms with E-state index in [1.807, 2.05) is 0 Å². The van der Waals surface area contributed by atoms with Crippen molar-refractivity contribution in [2.45, 2.75) is 92.6 Å². The molecule has 6 atom stereocenters. The van der Waals surface area contributed by atoms with Crippen LogP contribution in [0.1, 0.15) is 80.1 Å². The molecular weight excluding hydrogens is 356 g/mol. The van der Waals surface area contributed by atoms with E-state index < -0.39 is 12.6 Å². The SMILES string of the molecule is C/C=C1/[C@@H]2[C@@H](OC(C)=O)O[C@@H](OC(C)=O)[C@@H]2CC[C@@H]1[C@@]1(C)CCCC(C)(C)C1. The van der Waals surface area contributed by atoms with Crippen LogP contribution in [0.2, 0.25) is 0 Å². The minimum atomic E-state index is -0.680. The smallest absolute Gasteiger partial charge is 0.304 e. The summed E-state index contributed by atoms with van der Waals surface area (Å²) in [7, 11) is 0. The van der Waals surface area contributed by atoms with E-state index in [-0.39, 0.29) is 29.2 Å². The normalized spacial score (nSPS) is 41.4. The number of rotatable bonds is 3. The molecular formula is C23H36O5. The van der Waals surface area contributed by atoms with Crippen LogP contribution in [0.25, 0.3) is 0 Å². The lowest BCUT2D eigenvalue weighted by atomic mass is 9.53. The maximum atomic E-state index is 11.7. The first-order valence-electron chi connectivity index (χ1n) is 10.7. The number of esters is 2. The number of hydrogen-bond acceptors (Lipinski definition) is 5.